The molecule has 5 rings (SSSR count). The first-order valence-electron chi connectivity index (χ1n) is 8.26. The maximum absolute atomic E-state index is 13.2. The van der Waals surface area contributed by atoms with E-state index in [2.05, 4.69) is 15.0 Å². The van der Waals surface area contributed by atoms with Gasteiger partial charge >= 0.3 is 0 Å². The average Bonchev–Trinajstić information content (AvgIpc) is 3.33. The Hall–Kier alpha value is -3.67. The van der Waals surface area contributed by atoms with Gasteiger partial charge in [0, 0.05) is 18.0 Å². The van der Waals surface area contributed by atoms with E-state index < -0.39 is 0 Å². The summed E-state index contributed by atoms with van der Waals surface area (Å²) < 4.78 is 6.74. The average molecular weight is 342 g/mol. The van der Waals surface area contributed by atoms with E-state index in [1.807, 2.05) is 48.5 Å². The van der Waals surface area contributed by atoms with Crippen LogP contribution in [0.1, 0.15) is 11.4 Å². The van der Waals surface area contributed by atoms with Crippen LogP contribution in [0.15, 0.2) is 76.5 Å². The maximum Gasteiger partial charge on any atom is 0.282 e. The number of aromatic amines is 1. The lowest BCUT2D eigenvalue weighted by molar-refractivity contribution is 0.564. The van der Waals surface area contributed by atoms with Crippen LogP contribution in [-0.2, 0) is 6.42 Å². The van der Waals surface area contributed by atoms with E-state index in [-0.39, 0.29) is 5.56 Å². The van der Waals surface area contributed by atoms with Gasteiger partial charge in [0.2, 0.25) is 0 Å². The fourth-order valence-electron chi connectivity index (χ4n) is 3.23. The fraction of sp³-hybridized carbons (Fsp3) is 0.0500. The SMILES string of the molecule is O=c1c2[nH]c(Cc3ccoc3)nc2c2cccnc2n1-c1ccccc1. The summed E-state index contributed by atoms with van der Waals surface area (Å²) in [5, 5.41) is 0.834. The van der Waals surface area contributed by atoms with Crippen molar-refractivity contribution >= 4 is 22.1 Å². The molecule has 0 spiro atoms. The third kappa shape index (κ3) is 2.23. The lowest BCUT2D eigenvalue weighted by Gasteiger charge is -2.09. The Labute approximate surface area is 147 Å². The van der Waals surface area contributed by atoms with E-state index in [1.54, 1.807) is 23.3 Å². The van der Waals surface area contributed by atoms with Crippen LogP contribution in [0.25, 0.3) is 27.8 Å². The number of benzene rings is 1. The standard InChI is InChI=1S/C20H14N4O2/c25-20-18-17(22-16(23-18)11-13-8-10-26-12-13)15-7-4-9-21-19(15)24(20)14-5-2-1-3-6-14/h1-10,12H,11H2,(H,22,23). The molecule has 26 heavy (non-hydrogen) atoms. The van der Waals surface area contributed by atoms with Gasteiger partial charge in [-0.25, -0.2) is 9.97 Å². The molecule has 1 N–H and O–H groups in total. The van der Waals surface area contributed by atoms with E-state index in [0.29, 0.717) is 23.1 Å². The number of H-pyrrole nitrogens is 1. The van der Waals surface area contributed by atoms with Gasteiger partial charge in [-0.2, -0.15) is 0 Å². The molecule has 0 saturated heterocycles. The van der Waals surface area contributed by atoms with Crippen molar-refractivity contribution in [2.75, 3.05) is 0 Å². The Morgan fingerprint density at radius 3 is 2.77 bits per heavy atom. The lowest BCUT2D eigenvalue weighted by Crippen LogP contribution is -2.20. The molecule has 0 aliphatic heterocycles. The predicted molar refractivity (Wildman–Crippen MR) is 98.5 cm³/mol. The quantitative estimate of drug-likeness (QED) is 0.545. The molecule has 5 aromatic rings. The van der Waals surface area contributed by atoms with Crippen LogP contribution >= 0.6 is 0 Å². The Morgan fingerprint density at radius 1 is 1.08 bits per heavy atom. The number of hydrogen-bond acceptors (Lipinski definition) is 4. The number of imidazole rings is 1. The molecule has 0 aliphatic rings. The van der Waals surface area contributed by atoms with Crippen molar-refractivity contribution in [3.63, 3.8) is 0 Å². The molecular weight excluding hydrogens is 328 g/mol. The van der Waals surface area contributed by atoms with Gasteiger partial charge < -0.3 is 9.40 Å². The number of pyridine rings is 2. The van der Waals surface area contributed by atoms with Gasteiger partial charge in [0.25, 0.3) is 5.56 Å². The number of aromatic nitrogens is 4. The summed E-state index contributed by atoms with van der Waals surface area (Å²) in [5.41, 5.74) is 3.32. The van der Waals surface area contributed by atoms with Crippen LogP contribution in [0.2, 0.25) is 0 Å². The number of nitrogens with zero attached hydrogens (tertiary/aromatic N) is 3. The highest BCUT2D eigenvalue weighted by Gasteiger charge is 2.17. The molecule has 0 radical (unpaired) electrons. The monoisotopic (exact) mass is 342 g/mol. The van der Waals surface area contributed by atoms with Crippen molar-refractivity contribution in [3.05, 3.63) is 89.0 Å². The summed E-state index contributed by atoms with van der Waals surface area (Å²) in [4.78, 5) is 25.5. The van der Waals surface area contributed by atoms with Crippen molar-refractivity contribution in [1.82, 2.24) is 19.5 Å². The second-order valence-corrected chi connectivity index (χ2v) is 6.07. The van der Waals surface area contributed by atoms with Gasteiger partial charge in [0.05, 0.1) is 18.2 Å². The fourth-order valence-corrected chi connectivity index (χ4v) is 3.23. The number of fused-ring (bicyclic) bond motifs is 3. The predicted octanol–water partition coefficient (Wildman–Crippen LogP) is 3.45. The van der Waals surface area contributed by atoms with Crippen LogP contribution in [0.5, 0.6) is 0 Å². The van der Waals surface area contributed by atoms with Crippen LogP contribution in [0, 0.1) is 0 Å². The molecule has 4 aromatic heterocycles. The first-order chi connectivity index (χ1) is 12.8. The Bertz CT molecular complexity index is 1270. The molecule has 0 fully saturated rings. The van der Waals surface area contributed by atoms with Gasteiger partial charge in [0.1, 0.15) is 22.5 Å². The minimum atomic E-state index is -0.164. The molecule has 4 heterocycles. The molecule has 6 nitrogen and oxygen atoms in total. The van der Waals surface area contributed by atoms with E-state index in [9.17, 15) is 4.79 Å². The summed E-state index contributed by atoms with van der Waals surface area (Å²) in [6.45, 7) is 0. The second-order valence-electron chi connectivity index (χ2n) is 6.07. The second kappa shape index (κ2) is 5.70. The highest BCUT2D eigenvalue weighted by molar-refractivity contribution is 6.01. The summed E-state index contributed by atoms with van der Waals surface area (Å²) in [6.07, 6.45) is 5.55. The molecule has 0 atom stereocenters. The summed E-state index contributed by atoms with van der Waals surface area (Å²) >= 11 is 0. The first-order valence-corrected chi connectivity index (χ1v) is 8.26. The molecule has 6 heteroatoms. The van der Waals surface area contributed by atoms with Crippen LogP contribution in [0.4, 0.5) is 0 Å². The zero-order valence-corrected chi connectivity index (χ0v) is 13.7. The molecule has 0 saturated carbocycles. The highest BCUT2D eigenvalue weighted by atomic mass is 16.3. The lowest BCUT2D eigenvalue weighted by atomic mass is 10.2. The Morgan fingerprint density at radius 2 is 1.96 bits per heavy atom. The van der Waals surface area contributed by atoms with Crippen molar-refractivity contribution < 1.29 is 4.42 Å². The van der Waals surface area contributed by atoms with Crippen molar-refractivity contribution in [2.45, 2.75) is 6.42 Å². The molecular formula is C20H14N4O2. The normalized spacial score (nSPS) is 11.4. The van der Waals surface area contributed by atoms with Crippen molar-refractivity contribution in [2.24, 2.45) is 0 Å². The van der Waals surface area contributed by atoms with Crippen molar-refractivity contribution in [3.8, 4) is 5.69 Å². The minimum Gasteiger partial charge on any atom is -0.472 e. The van der Waals surface area contributed by atoms with Gasteiger partial charge in [0.15, 0.2) is 0 Å². The van der Waals surface area contributed by atoms with Gasteiger partial charge in [-0.1, -0.05) is 18.2 Å². The van der Waals surface area contributed by atoms with Crippen LogP contribution < -0.4 is 5.56 Å². The molecule has 1 aromatic carbocycles. The van der Waals surface area contributed by atoms with Gasteiger partial charge in [-0.3, -0.25) is 9.36 Å². The molecule has 0 unspecified atom stereocenters. The maximum atomic E-state index is 13.2. The number of para-hydroxylation sites is 1. The number of hydrogen-bond donors (Lipinski definition) is 1. The van der Waals surface area contributed by atoms with Gasteiger partial charge in [-0.15, -0.1) is 0 Å². The third-order valence-electron chi connectivity index (χ3n) is 4.39. The molecule has 0 aliphatic carbocycles. The summed E-state index contributed by atoms with van der Waals surface area (Å²) in [7, 11) is 0. The van der Waals surface area contributed by atoms with Crippen LogP contribution in [-0.4, -0.2) is 19.5 Å². The zero-order chi connectivity index (χ0) is 17.5. The van der Waals surface area contributed by atoms with E-state index >= 15 is 0 Å². The topological polar surface area (TPSA) is 76.7 Å². The van der Waals surface area contributed by atoms with E-state index in [4.69, 9.17) is 4.42 Å². The molecule has 0 amide bonds. The molecule has 0 bridgehead atoms. The number of furan rings is 1. The summed E-state index contributed by atoms with van der Waals surface area (Å²) in [5.74, 6) is 0.717. The molecule has 126 valence electrons. The third-order valence-corrected chi connectivity index (χ3v) is 4.39. The van der Waals surface area contributed by atoms with Gasteiger partial charge in [-0.05, 0) is 35.9 Å². The van der Waals surface area contributed by atoms with Crippen LogP contribution in [0.3, 0.4) is 0 Å². The summed E-state index contributed by atoms with van der Waals surface area (Å²) in [6, 6.07) is 15.2. The highest BCUT2D eigenvalue weighted by Crippen LogP contribution is 2.22. The number of rotatable bonds is 3. The van der Waals surface area contributed by atoms with E-state index in [0.717, 1.165) is 22.5 Å². The van der Waals surface area contributed by atoms with Crippen molar-refractivity contribution in [1.29, 1.82) is 0 Å². The smallest absolute Gasteiger partial charge is 0.282 e. The largest absolute Gasteiger partial charge is 0.472 e. The minimum absolute atomic E-state index is 0.164. The number of nitrogens with one attached hydrogen (secondary N) is 1. The Kier molecular flexibility index (Phi) is 3.21. The van der Waals surface area contributed by atoms with E-state index in [1.165, 1.54) is 0 Å². The first kappa shape index (κ1) is 14.7. The zero-order valence-electron chi connectivity index (χ0n) is 13.7. The Balaban J connectivity index is 1.82.